The molecular weight excluding hydrogens is 176 g/mol. The molecule has 0 bridgehead atoms. The second-order valence-corrected chi connectivity index (χ2v) is 4.83. The molecule has 1 aliphatic rings. The van der Waals surface area contributed by atoms with Gasteiger partial charge in [-0.1, -0.05) is 13.8 Å². The summed E-state index contributed by atoms with van der Waals surface area (Å²) in [6, 6.07) is 0.00111. The smallest absolute Gasteiger partial charge is 0.239 e. The molecule has 1 aliphatic heterocycles. The molecular formula is C11H22N2O. The summed E-state index contributed by atoms with van der Waals surface area (Å²) in [5.74, 6) is 0.234. The van der Waals surface area contributed by atoms with Crippen molar-refractivity contribution in [1.29, 1.82) is 0 Å². The zero-order chi connectivity index (χ0) is 10.8. The molecule has 3 heteroatoms. The summed E-state index contributed by atoms with van der Waals surface area (Å²) in [5.41, 5.74) is 0.0960. The van der Waals surface area contributed by atoms with E-state index < -0.39 is 0 Å². The Balaban J connectivity index is 2.69. The van der Waals surface area contributed by atoms with Crippen molar-refractivity contribution in [3.63, 3.8) is 0 Å². The summed E-state index contributed by atoms with van der Waals surface area (Å²) in [4.78, 5) is 13.8. The summed E-state index contributed by atoms with van der Waals surface area (Å²) >= 11 is 0. The van der Waals surface area contributed by atoms with Crippen LogP contribution >= 0.6 is 0 Å². The lowest BCUT2D eigenvalue weighted by Gasteiger charge is -2.39. The summed E-state index contributed by atoms with van der Waals surface area (Å²) in [6.07, 6.45) is 2.31. The largest absolute Gasteiger partial charge is 0.345 e. The molecule has 0 aliphatic carbocycles. The maximum absolute atomic E-state index is 12.0. The lowest BCUT2D eigenvalue weighted by molar-refractivity contribution is -0.135. The van der Waals surface area contributed by atoms with E-state index in [-0.39, 0.29) is 17.4 Å². The van der Waals surface area contributed by atoms with E-state index in [0.717, 1.165) is 19.5 Å². The fourth-order valence-electron chi connectivity index (χ4n) is 2.01. The molecule has 1 atom stereocenters. The van der Waals surface area contributed by atoms with Crippen LogP contribution in [0.2, 0.25) is 0 Å². The molecule has 1 fully saturated rings. The van der Waals surface area contributed by atoms with Crippen LogP contribution in [0.1, 0.15) is 33.6 Å². The van der Waals surface area contributed by atoms with E-state index in [1.807, 2.05) is 14.0 Å². The molecule has 1 N–H and O–H groups in total. The Morgan fingerprint density at radius 3 is 2.71 bits per heavy atom. The van der Waals surface area contributed by atoms with Gasteiger partial charge in [0.15, 0.2) is 0 Å². The Bertz CT molecular complexity index is 213. The third-order valence-electron chi connectivity index (χ3n) is 3.23. The van der Waals surface area contributed by atoms with Crippen molar-refractivity contribution in [2.45, 2.75) is 39.7 Å². The van der Waals surface area contributed by atoms with Crippen LogP contribution in [-0.4, -0.2) is 37.0 Å². The second kappa shape index (κ2) is 4.30. The van der Waals surface area contributed by atoms with Crippen LogP contribution in [0.4, 0.5) is 0 Å². The number of rotatable bonds is 2. The average molecular weight is 198 g/mol. The van der Waals surface area contributed by atoms with Gasteiger partial charge in [-0.2, -0.15) is 0 Å². The van der Waals surface area contributed by atoms with Gasteiger partial charge in [-0.15, -0.1) is 0 Å². The van der Waals surface area contributed by atoms with Crippen molar-refractivity contribution < 1.29 is 4.79 Å². The van der Waals surface area contributed by atoms with Gasteiger partial charge in [0.25, 0.3) is 0 Å². The fourth-order valence-corrected chi connectivity index (χ4v) is 2.01. The van der Waals surface area contributed by atoms with E-state index in [1.54, 1.807) is 4.90 Å². The van der Waals surface area contributed by atoms with Crippen molar-refractivity contribution in [1.82, 2.24) is 10.2 Å². The number of hydrogen-bond donors (Lipinski definition) is 1. The lowest BCUT2D eigenvalue weighted by atomic mass is 9.77. The monoisotopic (exact) mass is 198 g/mol. The Labute approximate surface area is 86.9 Å². The molecule has 3 nitrogen and oxygen atoms in total. The van der Waals surface area contributed by atoms with Crippen LogP contribution in [0.15, 0.2) is 0 Å². The van der Waals surface area contributed by atoms with E-state index in [9.17, 15) is 4.79 Å². The van der Waals surface area contributed by atoms with Gasteiger partial charge < -0.3 is 10.2 Å². The van der Waals surface area contributed by atoms with Gasteiger partial charge in [-0.3, -0.25) is 4.79 Å². The first kappa shape index (κ1) is 11.5. The molecule has 0 aromatic rings. The first-order chi connectivity index (χ1) is 6.49. The topological polar surface area (TPSA) is 32.3 Å². The van der Waals surface area contributed by atoms with Crippen molar-refractivity contribution in [2.75, 3.05) is 20.1 Å². The predicted octanol–water partition coefficient (Wildman–Crippen LogP) is 1.24. The van der Waals surface area contributed by atoms with E-state index in [2.05, 4.69) is 19.2 Å². The van der Waals surface area contributed by atoms with E-state index in [1.165, 1.54) is 6.42 Å². The van der Waals surface area contributed by atoms with Crippen molar-refractivity contribution in [2.24, 2.45) is 5.41 Å². The number of amides is 1. The number of hydrogen-bond acceptors (Lipinski definition) is 2. The van der Waals surface area contributed by atoms with E-state index in [0.29, 0.717) is 0 Å². The third-order valence-corrected chi connectivity index (χ3v) is 3.23. The molecule has 82 valence electrons. The maximum atomic E-state index is 12.0. The fraction of sp³-hybridized carbons (Fsp3) is 0.909. The van der Waals surface area contributed by atoms with Gasteiger partial charge in [0.1, 0.15) is 0 Å². The zero-order valence-electron chi connectivity index (χ0n) is 9.76. The van der Waals surface area contributed by atoms with Gasteiger partial charge >= 0.3 is 0 Å². The van der Waals surface area contributed by atoms with Crippen LogP contribution in [0.3, 0.4) is 0 Å². The Kier molecular flexibility index (Phi) is 3.53. The minimum Gasteiger partial charge on any atom is -0.345 e. The molecule has 1 heterocycles. The third kappa shape index (κ3) is 2.27. The van der Waals surface area contributed by atoms with Crippen LogP contribution in [0.25, 0.3) is 0 Å². The Morgan fingerprint density at radius 2 is 2.21 bits per heavy atom. The highest BCUT2D eigenvalue weighted by Gasteiger charge is 2.37. The molecule has 1 rings (SSSR count). The number of nitrogens with zero attached hydrogens (tertiary/aromatic N) is 1. The van der Waals surface area contributed by atoms with Gasteiger partial charge in [0, 0.05) is 13.6 Å². The van der Waals surface area contributed by atoms with E-state index >= 15 is 0 Å². The van der Waals surface area contributed by atoms with Crippen molar-refractivity contribution in [3.05, 3.63) is 0 Å². The number of piperidine rings is 1. The minimum atomic E-state index is 0.00111. The van der Waals surface area contributed by atoms with E-state index in [4.69, 9.17) is 0 Å². The first-order valence-corrected chi connectivity index (χ1v) is 5.47. The summed E-state index contributed by atoms with van der Waals surface area (Å²) < 4.78 is 0. The predicted molar refractivity (Wildman–Crippen MR) is 58.1 cm³/mol. The summed E-state index contributed by atoms with van der Waals surface area (Å²) in [7, 11) is 1.87. The van der Waals surface area contributed by atoms with Crippen LogP contribution in [0.5, 0.6) is 0 Å². The number of carbonyl (C=O) groups excluding carboxylic acids is 1. The molecule has 1 unspecified atom stereocenters. The standard InChI is InChI=1S/C11H22N2O/c1-5-13(4)10(14)9-11(2,3)7-6-8-12-9/h9,12H,5-8H2,1-4H3. The van der Waals surface area contributed by atoms with Gasteiger partial charge in [0.05, 0.1) is 6.04 Å². The minimum absolute atomic E-state index is 0.00111. The lowest BCUT2D eigenvalue weighted by Crippen LogP contribution is -2.55. The van der Waals surface area contributed by atoms with Crippen LogP contribution in [0, 0.1) is 5.41 Å². The molecule has 0 saturated carbocycles. The summed E-state index contributed by atoms with van der Waals surface area (Å²) in [5, 5.41) is 3.33. The number of nitrogens with one attached hydrogen (secondary N) is 1. The Morgan fingerprint density at radius 1 is 1.57 bits per heavy atom. The van der Waals surface area contributed by atoms with Gasteiger partial charge in [-0.05, 0) is 31.7 Å². The molecule has 14 heavy (non-hydrogen) atoms. The number of carbonyl (C=O) groups is 1. The quantitative estimate of drug-likeness (QED) is 0.724. The van der Waals surface area contributed by atoms with Gasteiger partial charge in [-0.25, -0.2) is 0 Å². The molecule has 1 amide bonds. The maximum Gasteiger partial charge on any atom is 0.239 e. The second-order valence-electron chi connectivity index (χ2n) is 4.83. The van der Waals surface area contributed by atoms with Gasteiger partial charge in [0.2, 0.25) is 5.91 Å². The molecule has 0 radical (unpaired) electrons. The Hall–Kier alpha value is -0.570. The normalized spacial score (nSPS) is 25.9. The zero-order valence-corrected chi connectivity index (χ0v) is 9.76. The highest BCUT2D eigenvalue weighted by molar-refractivity contribution is 5.82. The molecule has 0 spiro atoms. The first-order valence-electron chi connectivity index (χ1n) is 5.47. The van der Waals surface area contributed by atoms with Crippen molar-refractivity contribution in [3.8, 4) is 0 Å². The SMILES string of the molecule is CCN(C)C(=O)C1NCCCC1(C)C. The van der Waals surface area contributed by atoms with Crippen LogP contribution < -0.4 is 5.32 Å². The molecule has 0 aromatic heterocycles. The summed E-state index contributed by atoms with van der Waals surface area (Å²) in [6.45, 7) is 8.11. The van der Waals surface area contributed by atoms with Crippen LogP contribution in [-0.2, 0) is 4.79 Å². The average Bonchev–Trinajstić information content (AvgIpc) is 2.15. The number of likely N-dealkylation sites (N-methyl/N-ethyl adjacent to an activating group) is 1. The molecule has 1 saturated heterocycles. The van der Waals surface area contributed by atoms with Crippen molar-refractivity contribution >= 4 is 5.91 Å². The highest BCUT2D eigenvalue weighted by atomic mass is 16.2. The highest BCUT2D eigenvalue weighted by Crippen LogP contribution is 2.30. The molecule has 0 aromatic carbocycles.